The molecule has 1 unspecified atom stereocenters. The van der Waals surface area contributed by atoms with Gasteiger partial charge in [0.15, 0.2) is 0 Å². The van der Waals surface area contributed by atoms with Crippen LogP contribution in [-0.4, -0.2) is 22.5 Å². The topological polar surface area (TPSA) is 136 Å². The number of hydrogen-bond acceptors (Lipinski definition) is 6. The molecular weight excluding hydrogens is 360 g/mol. The van der Waals surface area contributed by atoms with E-state index in [0.717, 1.165) is 50.0 Å². The predicted molar refractivity (Wildman–Crippen MR) is 110 cm³/mol. The average molecular weight is 397 g/mol. The van der Waals surface area contributed by atoms with E-state index >= 15 is 0 Å². The quantitative estimate of drug-likeness (QED) is 0.164. The van der Waals surface area contributed by atoms with E-state index in [9.17, 15) is 0 Å². The molecule has 28 heavy (non-hydrogen) atoms. The predicted octanol–water partition coefficient (Wildman–Crippen LogP) is 4.53. The summed E-state index contributed by atoms with van der Waals surface area (Å²) >= 11 is 0. The van der Waals surface area contributed by atoms with E-state index in [2.05, 4.69) is 23.3 Å². The van der Waals surface area contributed by atoms with Crippen LogP contribution in [0.5, 0.6) is 0 Å². The number of oxime groups is 2. The molecule has 2 rings (SSSR count). The molecule has 0 aromatic rings. The molecule has 0 saturated carbocycles. The van der Waals surface area contributed by atoms with Crippen molar-refractivity contribution in [2.45, 2.75) is 84.0 Å². The summed E-state index contributed by atoms with van der Waals surface area (Å²) in [5, 5.41) is 22.3. The lowest BCUT2D eigenvalue weighted by molar-refractivity contribution is 0.253. The number of nitrogens with two attached hydrogens (primary N) is 2. The molecule has 0 radical (unpaired) electrons. The molecule has 2 aliphatic carbocycles. The molecule has 6 N–H and O–H groups in total. The number of amidine groups is 2. The summed E-state index contributed by atoms with van der Waals surface area (Å²) in [6.07, 6.45) is 17.9. The molecule has 0 fully saturated rings. The van der Waals surface area contributed by atoms with E-state index in [1.165, 1.54) is 38.5 Å². The smallest absolute Gasteiger partial charge is 0.326 e. The summed E-state index contributed by atoms with van der Waals surface area (Å²) in [7, 11) is 0. The first-order valence-electron chi connectivity index (χ1n) is 10.3. The van der Waals surface area contributed by atoms with Gasteiger partial charge in [-0.1, -0.05) is 32.6 Å². The molecular formula is C20H36N4O4. The van der Waals surface area contributed by atoms with Gasteiger partial charge in [-0.25, -0.2) is 0 Å². The molecule has 8 heteroatoms. The van der Waals surface area contributed by atoms with E-state index in [4.69, 9.17) is 31.4 Å². The Kier molecular flexibility index (Phi) is 12.4. The lowest BCUT2D eigenvalue weighted by atomic mass is 9.89. The number of nitrogens with zero attached hydrogens (tertiary/aromatic N) is 2. The molecule has 0 amide bonds. The summed E-state index contributed by atoms with van der Waals surface area (Å²) in [5.41, 5.74) is 10.5. The third kappa shape index (κ3) is 10.1. The van der Waals surface area contributed by atoms with Crippen LogP contribution in [0.25, 0.3) is 0 Å². The SMILES string of the molecule is CCCCCCC1CCCC=C1OC(N)=NO.NC(=NO)OC1=CCCCC1. The van der Waals surface area contributed by atoms with Crippen LogP contribution in [0.4, 0.5) is 0 Å². The summed E-state index contributed by atoms with van der Waals surface area (Å²) in [4.78, 5) is 0. The van der Waals surface area contributed by atoms with E-state index in [0.29, 0.717) is 5.92 Å². The van der Waals surface area contributed by atoms with Gasteiger partial charge in [0.05, 0.1) is 0 Å². The van der Waals surface area contributed by atoms with E-state index < -0.39 is 0 Å². The van der Waals surface area contributed by atoms with Crippen molar-refractivity contribution in [1.29, 1.82) is 0 Å². The number of hydrogen-bond donors (Lipinski definition) is 4. The third-order valence-corrected chi connectivity index (χ3v) is 4.82. The molecule has 0 aliphatic heterocycles. The Hall–Kier alpha value is -2.38. The van der Waals surface area contributed by atoms with Crippen LogP contribution in [0.2, 0.25) is 0 Å². The molecule has 0 bridgehead atoms. The fourth-order valence-corrected chi connectivity index (χ4v) is 3.34. The van der Waals surface area contributed by atoms with Crippen molar-refractivity contribution < 1.29 is 19.9 Å². The van der Waals surface area contributed by atoms with Crippen molar-refractivity contribution in [3.05, 3.63) is 23.7 Å². The monoisotopic (exact) mass is 396 g/mol. The Labute approximate surface area is 167 Å². The first-order chi connectivity index (χ1) is 13.6. The maximum Gasteiger partial charge on any atom is 0.326 e. The van der Waals surface area contributed by atoms with Crippen molar-refractivity contribution in [3.63, 3.8) is 0 Å². The molecule has 0 saturated heterocycles. The zero-order valence-corrected chi connectivity index (χ0v) is 17.0. The molecule has 0 spiro atoms. The molecule has 0 aromatic carbocycles. The highest BCUT2D eigenvalue weighted by molar-refractivity contribution is 5.72. The van der Waals surface area contributed by atoms with Gasteiger partial charge in [-0.15, -0.1) is 0 Å². The molecule has 0 aromatic heterocycles. The standard InChI is InChI=1S/C13H24N2O2.C7H12N2O2/c1-2-3-4-5-8-11-9-6-7-10-12(11)17-13(14)15-16;8-7(9-10)11-6-4-2-1-3-5-6/h10-11,16H,2-9H2,1H3,(H2,14,15);4,10H,1-3,5H2,(H2,8,9). The Morgan fingerprint density at radius 3 is 2.36 bits per heavy atom. The summed E-state index contributed by atoms with van der Waals surface area (Å²) in [6, 6.07) is -0.338. The Morgan fingerprint density at radius 2 is 1.71 bits per heavy atom. The molecule has 8 nitrogen and oxygen atoms in total. The molecule has 160 valence electrons. The van der Waals surface area contributed by atoms with Crippen LogP contribution in [0.15, 0.2) is 34.0 Å². The number of allylic oxidation sites excluding steroid dienone is 4. The highest BCUT2D eigenvalue weighted by Gasteiger charge is 2.20. The van der Waals surface area contributed by atoms with Gasteiger partial charge in [0.2, 0.25) is 0 Å². The molecule has 2 aliphatic rings. The van der Waals surface area contributed by atoms with Gasteiger partial charge in [0.1, 0.15) is 11.5 Å². The summed E-state index contributed by atoms with van der Waals surface area (Å²) in [6.45, 7) is 2.22. The van der Waals surface area contributed by atoms with Gasteiger partial charge in [-0.2, -0.15) is 0 Å². The zero-order chi connectivity index (χ0) is 20.6. The van der Waals surface area contributed by atoms with E-state index in [1.807, 2.05) is 6.08 Å². The maximum absolute atomic E-state index is 8.51. The van der Waals surface area contributed by atoms with E-state index in [-0.39, 0.29) is 12.0 Å². The Balaban J connectivity index is 0.000000307. The Bertz CT molecular complexity index is 558. The number of rotatable bonds is 7. The fourth-order valence-electron chi connectivity index (χ4n) is 3.34. The second-order valence-electron chi connectivity index (χ2n) is 7.08. The minimum atomic E-state index is -0.182. The zero-order valence-electron chi connectivity index (χ0n) is 17.0. The second kappa shape index (κ2) is 14.6. The van der Waals surface area contributed by atoms with Gasteiger partial charge in [0, 0.05) is 12.3 Å². The minimum Gasteiger partial charge on any atom is -0.429 e. The lowest BCUT2D eigenvalue weighted by Crippen LogP contribution is -2.21. The van der Waals surface area contributed by atoms with Crippen molar-refractivity contribution in [2.75, 3.05) is 0 Å². The van der Waals surface area contributed by atoms with Crippen molar-refractivity contribution in [1.82, 2.24) is 0 Å². The van der Waals surface area contributed by atoms with Gasteiger partial charge >= 0.3 is 12.0 Å². The largest absolute Gasteiger partial charge is 0.429 e. The summed E-state index contributed by atoms with van der Waals surface area (Å²) < 4.78 is 10.3. The first-order valence-corrected chi connectivity index (χ1v) is 10.3. The lowest BCUT2D eigenvalue weighted by Gasteiger charge is -2.23. The average Bonchev–Trinajstić information content (AvgIpc) is 2.73. The normalized spacial score (nSPS) is 20.4. The number of ether oxygens (including phenoxy) is 2. The molecule has 1 atom stereocenters. The minimum absolute atomic E-state index is 0.156. The van der Waals surface area contributed by atoms with Crippen LogP contribution < -0.4 is 11.5 Å². The molecule has 0 heterocycles. The van der Waals surface area contributed by atoms with Crippen molar-refractivity contribution in [2.24, 2.45) is 27.7 Å². The van der Waals surface area contributed by atoms with Crippen LogP contribution >= 0.6 is 0 Å². The van der Waals surface area contributed by atoms with Crippen molar-refractivity contribution in [3.8, 4) is 0 Å². The Morgan fingerprint density at radius 1 is 1.00 bits per heavy atom. The highest BCUT2D eigenvalue weighted by Crippen LogP contribution is 2.30. The van der Waals surface area contributed by atoms with Crippen LogP contribution in [-0.2, 0) is 9.47 Å². The first kappa shape index (κ1) is 23.7. The summed E-state index contributed by atoms with van der Waals surface area (Å²) in [5.74, 6) is 2.15. The number of unbranched alkanes of at least 4 members (excludes halogenated alkanes) is 3. The van der Waals surface area contributed by atoms with Gasteiger partial charge in [0.25, 0.3) is 0 Å². The highest BCUT2D eigenvalue weighted by atomic mass is 16.5. The van der Waals surface area contributed by atoms with Crippen LogP contribution in [0, 0.1) is 5.92 Å². The fraction of sp³-hybridized carbons (Fsp3) is 0.700. The van der Waals surface area contributed by atoms with Crippen molar-refractivity contribution >= 4 is 12.0 Å². The van der Waals surface area contributed by atoms with Gasteiger partial charge < -0.3 is 31.4 Å². The van der Waals surface area contributed by atoms with Crippen LogP contribution in [0.1, 0.15) is 84.0 Å². The van der Waals surface area contributed by atoms with E-state index in [1.54, 1.807) is 0 Å². The third-order valence-electron chi connectivity index (χ3n) is 4.82. The second-order valence-corrected chi connectivity index (χ2v) is 7.08. The van der Waals surface area contributed by atoms with Gasteiger partial charge in [-0.05, 0) is 67.4 Å². The van der Waals surface area contributed by atoms with Gasteiger partial charge in [-0.3, -0.25) is 0 Å². The maximum atomic E-state index is 8.51. The van der Waals surface area contributed by atoms with Crippen LogP contribution in [0.3, 0.4) is 0 Å².